The molecule has 0 unspecified atom stereocenters. The molecule has 2 aromatic rings. The van der Waals surface area contributed by atoms with Crippen LogP contribution in [-0.2, 0) is 0 Å². The minimum Gasteiger partial charge on any atom is -0.508 e. The van der Waals surface area contributed by atoms with E-state index in [0.29, 0.717) is 15.6 Å². The van der Waals surface area contributed by atoms with Crippen molar-refractivity contribution in [3.8, 4) is 17.6 Å². The van der Waals surface area contributed by atoms with E-state index < -0.39 is 5.91 Å². The molecule has 0 saturated carbocycles. The fraction of sp³-hybridized carbons (Fsp3) is 0.0769. The van der Waals surface area contributed by atoms with Crippen LogP contribution in [0.5, 0.6) is 5.75 Å². The van der Waals surface area contributed by atoms with Gasteiger partial charge in [-0.3, -0.25) is 4.79 Å². The molecule has 5 heteroatoms. The van der Waals surface area contributed by atoms with Gasteiger partial charge in [-0.15, -0.1) is 11.3 Å². The number of aromatic hydroxyl groups is 1. The molecule has 1 amide bonds. The number of aromatic nitrogens is 1. The number of aryl methyl sites for hydroxylation is 1. The number of amides is 1. The first-order chi connectivity index (χ1) is 8.56. The third-order valence-electron chi connectivity index (χ3n) is 2.20. The van der Waals surface area contributed by atoms with E-state index in [1.165, 1.54) is 11.3 Å². The Morgan fingerprint density at radius 1 is 1.33 bits per heavy atom. The lowest BCUT2D eigenvalue weighted by Crippen LogP contribution is -2.09. The van der Waals surface area contributed by atoms with E-state index in [0.717, 1.165) is 5.56 Å². The summed E-state index contributed by atoms with van der Waals surface area (Å²) in [5.41, 5.74) is 6.57. The average Bonchev–Trinajstić information content (AvgIpc) is 2.70. The van der Waals surface area contributed by atoms with Gasteiger partial charge < -0.3 is 10.8 Å². The molecule has 0 aliphatic rings. The highest BCUT2D eigenvalue weighted by molar-refractivity contribution is 7.14. The smallest absolute Gasteiger partial charge is 0.260 e. The Morgan fingerprint density at radius 3 is 2.56 bits per heavy atom. The van der Waals surface area contributed by atoms with Crippen molar-refractivity contribution in [1.29, 1.82) is 0 Å². The van der Waals surface area contributed by atoms with E-state index in [2.05, 4.69) is 16.8 Å². The van der Waals surface area contributed by atoms with E-state index in [1.807, 2.05) is 0 Å². The van der Waals surface area contributed by atoms with E-state index in [-0.39, 0.29) is 5.75 Å². The Kier molecular flexibility index (Phi) is 3.31. The van der Waals surface area contributed by atoms with Gasteiger partial charge in [-0.05, 0) is 37.1 Å². The Balaban J connectivity index is 2.27. The first kappa shape index (κ1) is 12.1. The van der Waals surface area contributed by atoms with Gasteiger partial charge in [0.2, 0.25) is 0 Å². The lowest BCUT2D eigenvalue weighted by Gasteiger charge is -1.90. The maximum atomic E-state index is 11.1. The van der Waals surface area contributed by atoms with Crippen LogP contribution in [0.15, 0.2) is 24.3 Å². The number of primary amides is 1. The van der Waals surface area contributed by atoms with E-state index >= 15 is 0 Å². The summed E-state index contributed by atoms with van der Waals surface area (Å²) in [6.07, 6.45) is 0. The van der Waals surface area contributed by atoms with Crippen LogP contribution >= 0.6 is 11.3 Å². The van der Waals surface area contributed by atoms with Gasteiger partial charge in [-0.25, -0.2) is 4.98 Å². The van der Waals surface area contributed by atoms with Gasteiger partial charge in [-0.1, -0.05) is 5.92 Å². The lowest BCUT2D eigenvalue weighted by atomic mass is 10.2. The molecule has 0 atom stereocenters. The van der Waals surface area contributed by atoms with Crippen molar-refractivity contribution in [3.05, 3.63) is 45.4 Å². The van der Waals surface area contributed by atoms with Crippen LogP contribution in [-0.4, -0.2) is 16.0 Å². The summed E-state index contributed by atoms with van der Waals surface area (Å²) in [7, 11) is 0. The topological polar surface area (TPSA) is 76.2 Å². The number of benzene rings is 1. The van der Waals surface area contributed by atoms with Crippen molar-refractivity contribution in [2.45, 2.75) is 6.92 Å². The number of carbonyl (C=O) groups excluding carboxylic acids is 1. The summed E-state index contributed by atoms with van der Waals surface area (Å²) in [5.74, 6) is 5.48. The second-order valence-corrected chi connectivity index (χ2v) is 4.59. The zero-order valence-electron chi connectivity index (χ0n) is 9.60. The van der Waals surface area contributed by atoms with Gasteiger partial charge in [0.15, 0.2) is 5.01 Å². The molecule has 0 aliphatic carbocycles. The largest absolute Gasteiger partial charge is 0.508 e. The molecule has 0 spiro atoms. The summed E-state index contributed by atoms with van der Waals surface area (Å²) in [6.45, 7) is 1.72. The van der Waals surface area contributed by atoms with Crippen LogP contribution in [0.1, 0.15) is 25.9 Å². The SMILES string of the molecule is Cc1nc(C#Cc2ccc(O)cc2)sc1C(N)=O. The van der Waals surface area contributed by atoms with Gasteiger partial charge in [0, 0.05) is 5.56 Å². The number of hydrogen-bond acceptors (Lipinski definition) is 4. The van der Waals surface area contributed by atoms with Gasteiger partial charge in [0.05, 0.1) is 5.69 Å². The molecule has 0 bridgehead atoms. The summed E-state index contributed by atoms with van der Waals surface area (Å²) in [5, 5.41) is 9.68. The van der Waals surface area contributed by atoms with Crippen molar-refractivity contribution in [3.63, 3.8) is 0 Å². The summed E-state index contributed by atoms with van der Waals surface area (Å²) in [6, 6.07) is 6.54. The number of phenols is 1. The minimum atomic E-state index is -0.484. The molecule has 18 heavy (non-hydrogen) atoms. The predicted molar refractivity (Wildman–Crippen MR) is 69.5 cm³/mol. The number of phenolic OH excluding ortho intramolecular Hbond substituents is 1. The minimum absolute atomic E-state index is 0.196. The van der Waals surface area contributed by atoms with Crippen LogP contribution in [0.2, 0.25) is 0 Å². The van der Waals surface area contributed by atoms with Crippen LogP contribution in [0.4, 0.5) is 0 Å². The van der Waals surface area contributed by atoms with Crippen molar-refractivity contribution >= 4 is 17.2 Å². The summed E-state index contributed by atoms with van der Waals surface area (Å²) in [4.78, 5) is 15.7. The van der Waals surface area contributed by atoms with Crippen LogP contribution < -0.4 is 5.73 Å². The summed E-state index contributed by atoms with van der Waals surface area (Å²) < 4.78 is 0. The maximum absolute atomic E-state index is 11.1. The predicted octanol–water partition coefficient (Wildman–Crippen LogP) is 1.66. The molecule has 2 rings (SSSR count). The fourth-order valence-electron chi connectivity index (χ4n) is 1.35. The number of hydrogen-bond donors (Lipinski definition) is 2. The van der Waals surface area contributed by atoms with Gasteiger partial charge in [0.1, 0.15) is 10.6 Å². The fourth-order valence-corrected chi connectivity index (χ4v) is 2.12. The first-order valence-corrected chi connectivity index (χ1v) is 5.96. The average molecular weight is 258 g/mol. The molecule has 0 fully saturated rings. The molecule has 1 aromatic carbocycles. The molecule has 0 saturated heterocycles. The highest BCUT2D eigenvalue weighted by Crippen LogP contribution is 2.16. The molecular weight excluding hydrogens is 248 g/mol. The molecule has 90 valence electrons. The molecule has 4 nitrogen and oxygen atoms in total. The van der Waals surface area contributed by atoms with Crippen LogP contribution in [0, 0.1) is 18.8 Å². The Labute approximate surface area is 108 Å². The molecular formula is C13H10N2O2S. The standard InChI is InChI=1S/C13H10N2O2S/c1-8-12(13(14)17)18-11(15-8)7-4-9-2-5-10(16)6-3-9/h2-3,5-6,16H,1H3,(H2,14,17). The van der Waals surface area contributed by atoms with Gasteiger partial charge >= 0.3 is 0 Å². The highest BCUT2D eigenvalue weighted by atomic mass is 32.1. The second kappa shape index (κ2) is 4.90. The first-order valence-electron chi connectivity index (χ1n) is 5.14. The summed E-state index contributed by atoms with van der Waals surface area (Å²) >= 11 is 1.18. The third kappa shape index (κ3) is 2.67. The Hall–Kier alpha value is -2.32. The van der Waals surface area contributed by atoms with Gasteiger partial charge in [-0.2, -0.15) is 0 Å². The normalized spacial score (nSPS) is 9.61. The monoisotopic (exact) mass is 258 g/mol. The third-order valence-corrected chi connectivity index (χ3v) is 3.29. The Bertz CT molecular complexity index is 648. The van der Waals surface area contributed by atoms with Crippen LogP contribution in [0.25, 0.3) is 0 Å². The zero-order chi connectivity index (χ0) is 13.1. The Morgan fingerprint density at radius 2 is 2.00 bits per heavy atom. The van der Waals surface area contributed by atoms with Crippen molar-refractivity contribution < 1.29 is 9.90 Å². The number of rotatable bonds is 1. The zero-order valence-corrected chi connectivity index (χ0v) is 10.4. The highest BCUT2D eigenvalue weighted by Gasteiger charge is 2.10. The van der Waals surface area contributed by atoms with Crippen molar-refractivity contribution in [2.24, 2.45) is 5.73 Å². The molecule has 0 aliphatic heterocycles. The lowest BCUT2D eigenvalue weighted by molar-refractivity contribution is 0.100. The maximum Gasteiger partial charge on any atom is 0.260 e. The van der Waals surface area contributed by atoms with Crippen molar-refractivity contribution in [2.75, 3.05) is 0 Å². The number of nitrogens with zero attached hydrogens (tertiary/aromatic N) is 1. The molecule has 3 N–H and O–H groups in total. The van der Waals surface area contributed by atoms with E-state index in [9.17, 15) is 4.79 Å². The van der Waals surface area contributed by atoms with Crippen molar-refractivity contribution in [1.82, 2.24) is 4.98 Å². The molecule has 1 heterocycles. The van der Waals surface area contributed by atoms with E-state index in [4.69, 9.17) is 10.8 Å². The second-order valence-electron chi connectivity index (χ2n) is 3.59. The van der Waals surface area contributed by atoms with Gasteiger partial charge in [0.25, 0.3) is 5.91 Å². The number of carbonyl (C=O) groups is 1. The quantitative estimate of drug-likeness (QED) is 0.764. The van der Waals surface area contributed by atoms with Crippen LogP contribution in [0.3, 0.4) is 0 Å². The molecule has 0 radical (unpaired) electrons. The van der Waals surface area contributed by atoms with E-state index in [1.54, 1.807) is 31.2 Å². The number of nitrogens with two attached hydrogens (primary N) is 1. The number of thiazole rings is 1. The molecule has 1 aromatic heterocycles.